The lowest BCUT2D eigenvalue weighted by atomic mass is 10.3. The zero-order valence-corrected chi connectivity index (χ0v) is 8.28. The van der Waals surface area contributed by atoms with Gasteiger partial charge in [0.05, 0.1) is 6.61 Å². The van der Waals surface area contributed by atoms with E-state index in [9.17, 15) is 4.79 Å². The van der Waals surface area contributed by atoms with Gasteiger partial charge in [0.2, 0.25) is 0 Å². The van der Waals surface area contributed by atoms with Gasteiger partial charge >= 0.3 is 5.97 Å². The van der Waals surface area contributed by atoms with Crippen LogP contribution in [0.5, 0.6) is 0 Å². The first-order valence-electron chi connectivity index (χ1n) is 4.73. The number of carbonyl (C=O) groups is 1. The Balaban J connectivity index is 3.33. The Labute approximate surface area is 78.8 Å². The van der Waals surface area contributed by atoms with Crippen LogP contribution in [0.2, 0.25) is 0 Å². The van der Waals surface area contributed by atoms with Gasteiger partial charge in [-0.05, 0) is 12.8 Å². The van der Waals surface area contributed by atoms with Crippen molar-refractivity contribution >= 4 is 5.97 Å². The quantitative estimate of drug-likeness (QED) is 0.361. The summed E-state index contributed by atoms with van der Waals surface area (Å²) in [4.78, 5) is 19.9. The van der Waals surface area contributed by atoms with E-state index >= 15 is 0 Å². The highest BCUT2D eigenvalue weighted by Crippen LogP contribution is 2.01. The van der Waals surface area contributed by atoms with Crippen LogP contribution in [0.1, 0.15) is 39.5 Å². The molecule has 0 saturated carbocycles. The molecule has 0 aliphatic heterocycles. The molecule has 13 heavy (non-hydrogen) atoms. The number of hydrogen-bond acceptors (Lipinski definition) is 3. The second-order valence-electron chi connectivity index (χ2n) is 2.86. The molecule has 0 bridgehead atoms. The van der Waals surface area contributed by atoms with Crippen molar-refractivity contribution in [2.45, 2.75) is 45.6 Å². The van der Waals surface area contributed by atoms with Gasteiger partial charge < -0.3 is 5.11 Å². The molecule has 0 radical (unpaired) electrons. The summed E-state index contributed by atoms with van der Waals surface area (Å²) in [6.07, 6.45) is 2.68. The second-order valence-corrected chi connectivity index (χ2v) is 2.86. The molecular formula is C9H18O4. The smallest absolute Gasteiger partial charge is 0.336 e. The van der Waals surface area contributed by atoms with Crippen LogP contribution in [0, 0.1) is 0 Å². The summed E-state index contributed by atoms with van der Waals surface area (Å²) in [7, 11) is 0. The minimum atomic E-state index is -0.974. The van der Waals surface area contributed by atoms with E-state index in [0.29, 0.717) is 13.0 Å². The van der Waals surface area contributed by atoms with E-state index < -0.39 is 12.1 Å². The molecule has 0 heterocycles. The minimum absolute atomic E-state index is 0.420. The molecule has 0 fully saturated rings. The summed E-state index contributed by atoms with van der Waals surface area (Å²) in [5.41, 5.74) is 0. The van der Waals surface area contributed by atoms with E-state index in [1.54, 1.807) is 6.92 Å². The zero-order chi connectivity index (χ0) is 10.1. The molecule has 1 atom stereocenters. The Hall–Kier alpha value is -0.610. The molecule has 0 saturated heterocycles. The van der Waals surface area contributed by atoms with Crippen LogP contribution < -0.4 is 0 Å². The number of unbranched alkanes of at least 4 members (excludes halogenated alkanes) is 2. The van der Waals surface area contributed by atoms with Crippen LogP contribution in [0.25, 0.3) is 0 Å². The lowest BCUT2D eigenvalue weighted by molar-refractivity contribution is -0.320. The highest BCUT2D eigenvalue weighted by molar-refractivity contribution is 5.71. The van der Waals surface area contributed by atoms with Crippen LogP contribution >= 0.6 is 0 Å². The maximum Gasteiger partial charge on any atom is 0.336 e. The Bertz CT molecular complexity index is 136. The molecule has 4 heteroatoms. The summed E-state index contributed by atoms with van der Waals surface area (Å²) >= 11 is 0. The molecule has 0 aromatic carbocycles. The van der Waals surface area contributed by atoms with Crippen molar-refractivity contribution in [3.8, 4) is 0 Å². The van der Waals surface area contributed by atoms with Crippen molar-refractivity contribution in [2.24, 2.45) is 0 Å². The summed E-state index contributed by atoms with van der Waals surface area (Å²) in [6, 6.07) is 0. The highest BCUT2D eigenvalue weighted by Gasteiger charge is 2.16. The number of rotatable bonds is 8. The Kier molecular flexibility index (Phi) is 7.63. The first kappa shape index (κ1) is 12.4. The second kappa shape index (κ2) is 8.01. The fourth-order valence-corrected chi connectivity index (χ4v) is 0.825. The molecule has 0 aliphatic rings. The first-order chi connectivity index (χ1) is 6.22. The van der Waals surface area contributed by atoms with Gasteiger partial charge in [-0.15, -0.1) is 0 Å². The van der Waals surface area contributed by atoms with Gasteiger partial charge in [0.25, 0.3) is 0 Å². The summed E-state index contributed by atoms with van der Waals surface area (Å²) in [5.74, 6) is -0.974. The molecule has 0 rings (SSSR count). The van der Waals surface area contributed by atoms with E-state index in [0.717, 1.165) is 19.3 Å². The Morgan fingerprint density at radius 3 is 2.54 bits per heavy atom. The van der Waals surface area contributed by atoms with E-state index in [1.807, 2.05) is 0 Å². The van der Waals surface area contributed by atoms with Crippen molar-refractivity contribution in [1.82, 2.24) is 0 Å². The Morgan fingerprint density at radius 2 is 2.08 bits per heavy atom. The largest absolute Gasteiger partial charge is 0.479 e. The molecule has 0 aromatic heterocycles. The molecule has 1 unspecified atom stereocenters. The summed E-state index contributed by atoms with van der Waals surface area (Å²) < 4.78 is 0. The van der Waals surface area contributed by atoms with E-state index in [-0.39, 0.29) is 0 Å². The average Bonchev–Trinajstić information content (AvgIpc) is 2.10. The van der Waals surface area contributed by atoms with Gasteiger partial charge in [0.15, 0.2) is 6.10 Å². The maximum absolute atomic E-state index is 10.4. The van der Waals surface area contributed by atoms with Crippen molar-refractivity contribution in [1.29, 1.82) is 0 Å². The van der Waals surface area contributed by atoms with Crippen LogP contribution in [-0.4, -0.2) is 23.8 Å². The molecular weight excluding hydrogens is 172 g/mol. The molecule has 0 aliphatic carbocycles. The van der Waals surface area contributed by atoms with Crippen molar-refractivity contribution in [3.05, 3.63) is 0 Å². The minimum Gasteiger partial charge on any atom is -0.479 e. The van der Waals surface area contributed by atoms with Gasteiger partial charge in [0, 0.05) is 0 Å². The SMILES string of the molecule is CCCCCOOC(CC)C(=O)O. The summed E-state index contributed by atoms with van der Waals surface area (Å²) in [5, 5.41) is 8.57. The molecule has 0 amide bonds. The normalized spacial score (nSPS) is 12.8. The van der Waals surface area contributed by atoms with Gasteiger partial charge in [-0.2, -0.15) is 0 Å². The van der Waals surface area contributed by atoms with Crippen molar-refractivity contribution in [2.75, 3.05) is 6.61 Å². The number of hydrogen-bond donors (Lipinski definition) is 1. The maximum atomic E-state index is 10.4. The monoisotopic (exact) mass is 190 g/mol. The third kappa shape index (κ3) is 6.54. The highest BCUT2D eigenvalue weighted by atomic mass is 17.2. The standard InChI is InChI=1S/C9H18O4/c1-3-5-6-7-12-13-8(4-2)9(10)11/h8H,3-7H2,1-2H3,(H,10,11). The first-order valence-corrected chi connectivity index (χ1v) is 4.73. The number of carboxylic acid groups (broad SMARTS) is 1. The van der Waals surface area contributed by atoms with E-state index in [1.165, 1.54) is 0 Å². The molecule has 0 spiro atoms. The lowest BCUT2D eigenvalue weighted by Gasteiger charge is -2.09. The molecule has 78 valence electrons. The number of aliphatic carboxylic acids is 1. The zero-order valence-electron chi connectivity index (χ0n) is 8.28. The number of carboxylic acids is 1. The third-order valence-corrected chi connectivity index (χ3v) is 1.66. The fraction of sp³-hybridized carbons (Fsp3) is 0.889. The molecule has 1 N–H and O–H groups in total. The van der Waals surface area contributed by atoms with Crippen LogP contribution in [0.15, 0.2) is 0 Å². The van der Waals surface area contributed by atoms with Crippen molar-refractivity contribution < 1.29 is 19.7 Å². The van der Waals surface area contributed by atoms with Gasteiger partial charge in [0.1, 0.15) is 0 Å². The third-order valence-electron chi connectivity index (χ3n) is 1.66. The predicted molar refractivity (Wildman–Crippen MR) is 48.3 cm³/mol. The Morgan fingerprint density at radius 1 is 1.38 bits per heavy atom. The van der Waals surface area contributed by atoms with E-state index in [2.05, 4.69) is 6.92 Å². The van der Waals surface area contributed by atoms with Crippen LogP contribution in [-0.2, 0) is 14.6 Å². The van der Waals surface area contributed by atoms with Crippen LogP contribution in [0.3, 0.4) is 0 Å². The van der Waals surface area contributed by atoms with Crippen molar-refractivity contribution in [3.63, 3.8) is 0 Å². The van der Waals surface area contributed by atoms with Crippen LogP contribution in [0.4, 0.5) is 0 Å². The molecule has 0 aromatic rings. The van der Waals surface area contributed by atoms with Gasteiger partial charge in [-0.25, -0.2) is 14.6 Å². The molecule has 4 nitrogen and oxygen atoms in total. The fourth-order valence-electron chi connectivity index (χ4n) is 0.825. The van der Waals surface area contributed by atoms with E-state index in [4.69, 9.17) is 14.9 Å². The topological polar surface area (TPSA) is 55.8 Å². The summed E-state index contributed by atoms with van der Waals surface area (Å²) in [6.45, 7) is 4.30. The lowest BCUT2D eigenvalue weighted by Crippen LogP contribution is -2.23. The van der Waals surface area contributed by atoms with Gasteiger partial charge in [-0.1, -0.05) is 26.7 Å². The van der Waals surface area contributed by atoms with Gasteiger partial charge in [-0.3, -0.25) is 0 Å². The predicted octanol–water partition coefficient (Wildman–Crippen LogP) is 1.99. The average molecular weight is 190 g/mol.